The number of hydrogen-bond donors (Lipinski definition) is 1. The van der Waals surface area contributed by atoms with Gasteiger partial charge in [-0.2, -0.15) is 0 Å². The van der Waals surface area contributed by atoms with Crippen LogP contribution in [0.5, 0.6) is 0 Å². The Hall–Kier alpha value is -1.69. The fourth-order valence-corrected chi connectivity index (χ4v) is 2.76. The Bertz CT molecular complexity index is 677. The van der Waals surface area contributed by atoms with Crippen molar-refractivity contribution in [1.29, 1.82) is 0 Å². The van der Waals surface area contributed by atoms with Crippen LogP contribution in [0.25, 0.3) is 10.9 Å². The topological polar surface area (TPSA) is 68.5 Å². The zero-order valence-corrected chi connectivity index (χ0v) is 12.2. The van der Waals surface area contributed by atoms with Crippen molar-refractivity contribution < 1.29 is 9.53 Å². The molecule has 1 atom stereocenters. The number of morpholine rings is 1. The normalized spacial score (nSPS) is 19.8. The van der Waals surface area contributed by atoms with E-state index in [4.69, 9.17) is 22.1 Å². The number of fused-ring (bicyclic) bond motifs is 1. The van der Waals surface area contributed by atoms with Gasteiger partial charge in [0.15, 0.2) is 0 Å². The molecule has 1 aromatic carbocycles. The van der Waals surface area contributed by atoms with Gasteiger partial charge in [0.2, 0.25) is 5.91 Å². The average Bonchev–Trinajstić information content (AvgIpc) is 2.48. The first-order valence-corrected chi connectivity index (χ1v) is 7.18. The molecule has 0 bridgehead atoms. The van der Waals surface area contributed by atoms with Crippen molar-refractivity contribution in [1.82, 2.24) is 9.88 Å². The first-order valence-electron chi connectivity index (χ1n) is 6.80. The number of para-hydroxylation sites is 1. The second-order valence-corrected chi connectivity index (χ2v) is 5.45. The van der Waals surface area contributed by atoms with Crippen LogP contribution in [0.15, 0.2) is 30.3 Å². The Kier molecular flexibility index (Phi) is 4.05. The smallest absolute Gasteiger partial charge is 0.237 e. The average molecular weight is 306 g/mol. The van der Waals surface area contributed by atoms with E-state index in [1.165, 1.54) is 0 Å². The number of carbonyl (C=O) groups excluding carboxylic acids is 1. The summed E-state index contributed by atoms with van der Waals surface area (Å²) in [5.74, 6) is -0.375. The molecule has 2 aromatic rings. The summed E-state index contributed by atoms with van der Waals surface area (Å²) in [6.45, 7) is 2.10. The number of rotatable bonds is 3. The van der Waals surface area contributed by atoms with Gasteiger partial charge in [-0.05, 0) is 12.1 Å². The number of carbonyl (C=O) groups is 1. The summed E-state index contributed by atoms with van der Waals surface area (Å²) in [6, 6.07) is 9.40. The second-order valence-electron chi connectivity index (χ2n) is 5.09. The lowest BCUT2D eigenvalue weighted by atomic mass is 10.1. The summed E-state index contributed by atoms with van der Waals surface area (Å²) in [4.78, 5) is 17.9. The van der Waals surface area contributed by atoms with Gasteiger partial charge in [-0.25, -0.2) is 4.98 Å². The van der Waals surface area contributed by atoms with Crippen molar-refractivity contribution in [2.45, 2.75) is 12.6 Å². The van der Waals surface area contributed by atoms with Crippen LogP contribution in [0, 0.1) is 0 Å². The molecule has 0 aliphatic carbocycles. The SMILES string of the molecule is NC(=O)C1COCCN1Cc1cc2ccccc2nc1Cl. The van der Waals surface area contributed by atoms with Crippen molar-refractivity contribution >= 4 is 28.4 Å². The summed E-state index contributed by atoms with van der Waals surface area (Å²) in [5.41, 5.74) is 7.18. The van der Waals surface area contributed by atoms with Crippen LogP contribution in [0.3, 0.4) is 0 Å². The van der Waals surface area contributed by atoms with Gasteiger partial charge in [0, 0.05) is 24.0 Å². The number of benzene rings is 1. The standard InChI is InChI=1S/C15H16ClN3O2/c16-14-11(7-10-3-1-2-4-12(10)18-14)8-19-5-6-21-9-13(19)15(17)20/h1-4,7,13H,5-6,8-9H2,(H2,17,20). The fourth-order valence-electron chi connectivity index (χ4n) is 2.56. The molecule has 1 amide bonds. The zero-order chi connectivity index (χ0) is 14.8. The van der Waals surface area contributed by atoms with E-state index in [9.17, 15) is 4.79 Å². The molecule has 1 fully saturated rings. The lowest BCUT2D eigenvalue weighted by Crippen LogP contribution is -2.51. The Balaban J connectivity index is 1.89. The summed E-state index contributed by atoms with van der Waals surface area (Å²) >= 11 is 6.26. The van der Waals surface area contributed by atoms with E-state index in [1.54, 1.807) is 0 Å². The highest BCUT2D eigenvalue weighted by Gasteiger charge is 2.28. The molecule has 1 aromatic heterocycles. The van der Waals surface area contributed by atoms with Gasteiger partial charge < -0.3 is 10.5 Å². The Morgan fingerprint density at radius 1 is 1.48 bits per heavy atom. The van der Waals surface area contributed by atoms with Crippen LogP contribution in [0.1, 0.15) is 5.56 Å². The highest BCUT2D eigenvalue weighted by atomic mass is 35.5. The molecule has 1 aliphatic rings. The number of primary amides is 1. The fraction of sp³-hybridized carbons (Fsp3) is 0.333. The highest BCUT2D eigenvalue weighted by molar-refractivity contribution is 6.30. The molecule has 1 aliphatic heterocycles. The van der Waals surface area contributed by atoms with E-state index < -0.39 is 6.04 Å². The quantitative estimate of drug-likeness (QED) is 0.874. The molecule has 3 rings (SSSR count). The van der Waals surface area contributed by atoms with E-state index in [1.807, 2.05) is 35.2 Å². The van der Waals surface area contributed by atoms with Crippen molar-refractivity contribution in [3.05, 3.63) is 41.0 Å². The van der Waals surface area contributed by atoms with E-state index in [0.29, 0.717) is 31.5 Å². The minimum absolute atomic E-state index is 0.327. The van der Waals surface area contributed by atoms with Gasteiger partial charge in [0.1, 0.15) is 11.2 Å². The highest BCUT2D eigenvalue weighted by Crippen LogP contribution is 2.23. The van der Waals surface area contributed by atoms with Gasteiger partial charge >= 0.3 is 0 Å². The molecule has 0 radical (unpaired) electrons. The van der Waals surface area contributed by atoms with Crippen LogP contribution >= 0.6 is 11.6 Å². The third-order valence-corrected chi connectivity index (χ3v) is 4.02. The first kappa shape index (κ1) is 14.3. The van der Waals surface area contributed by atoms with E-state index in [2.05, 4.69) is 4.98 Å². The number of nitrogens with two attached hydrogens (primary N) is 1. The van der Waals surface area contributed by atoms with E-state index >= 15 is 0 Å². The number of amides is 1. The van der Waals surface area contributed by atoms with Crippen LogP contribution in [-0.2, 0) is 16.1 Å². The summed E-state index contributed by atoms with van der Waals surface area (Å²) < 4.78 is 5.32. The third kappa shape index (κ3) is 3.00. The third-order valence-electron chi connectivity index (χ3n) is 3.69. The number of aromatic nitrogens is 1. The number of hydrogen-bond acceptors (Lipinski definition) is 4. The Labute approximate surface area is 127 Å². The van der Waals surface area contributed by atoms with Crippen LogP contribution in [-0.4, -0.2) is 41.6 Å². The minimum atomic E-state index is -0.415. The number of nitrogens with zero attached hydrogens (tertiary/aromatic N) is 2. The van der Waals surface area contributed by atoms with Gasteiger partial charge in [-0.3, -0.25) is 9.69 Å². The molecule has 1 unspecified atom stereocenters. The Morgan fingerprint density at radius 2 is 2.29 bits per heavy atom. The van der Waals surface area contributed by atoms with Crippen molar-refractivity contribution in [3.63, 3.8) is 0 Å². The maximum Gasteiger partial charge on any atom is 0.237 e. The van der Waals surface area contributed by atoms with Crippen molar-refractivity contribution in [3.8, 4) is 0 Å². The number of halogens is 1. The summed E-state index contributed by atoms with van der Waals surface area (Å²) in [6.07, 6.45) is 0. The van der Waals surface area contributed by atoms with Gasteiger partial charge in [0.25, 0.3) is 0 Å². The maximum atomic E-state index is 11.5. The minimum Gasteiger partial charge on any atom is -0.378 e. The molecular formula is C15H16ClN3O2. The van der Waals surface area contributed by atoms with E-state index in [-0.39, 0.29) is 5.91 Å². The van der Waals surface area contributed by atoms with Crippen LogP contribution in [0.2, 0.25) is 5.15 Å². The van der Waals surface area contributed by atoms with Gasteiger partial charge in [-0.15, -0.1) is 0 Å². The number of pyridine rings is 1. The van der Waals surface area contributed by atoms with Crippen molar-refractivity contribution in [2.75, 3.05) is 19.8 Å². The zero-order valence-electron chi connectivity index (χ0n) is 11.5. The molecule has 6 heteroatoms. The molecule has 1 saturated heterocycles. The summed E-state index contributed by atoms with van der Waals surface area (Å²) in [5, 5.41) is 1.49. The van der Waals surface area contributed by atoms with Crippen LogP contribution in [0.4, 0.5) is 0 Å². The van der Waals surface area contributed by atoms with Gasteiger partial charge in [0.05, 0.1) is 18.7 Å². The van der Waals surface area contributed by atoms with Crippen molar-refractivity contribution in [2.24, 2.45) is 5.73 Å². The van der Waals surface area contributed by atoms with Crippen LogP contribution < -0.4 is 5.73 Å². The molecule has 2 heterocycles. The molecule has 2 N–H and O–H groups in total. The predicted molar refractivity (Wildman–Crippen MR) is 81.0 cm³/mol. The molecule has 0 saturated carbocycles. The lowest BCUT2D eigenvalue weighted by molar-refractivity contribution is -0.129. The molecule has 0 spiro atoms. The molecule has 21 heavy (non-hydrogen) atoms. The monoisotopic (exact) mass is 305 g/mol. The molecule has 5 nitrogen and oxygen atoms in total. The van der Waals surface area contributed by atoms with E-state index in [0.717, 1.165) is 16.5 Å². The first-order chi connectivity index (χ1) is 10.1. The lowest BCUT2D eigenvalue weighted by Gasteiger charge is -2.33. The summed E-state index contributed by atoms with van der Waals surface area (Å²) in [7, 11) is 0. The Morgan fingerprint density at radius 3 is 3.10 bits per heavy atom. The maximum absolute atomic E-state index is 11.5. The predicted octanol–water partition coefficient (Wildman–Crippen LogP) is 1.57. The molecule has 110 valence electrons. The number of ether oxygens (including phenoxy) is 1. The largest absolute Gasteiger partial charge is 0.378 e. The van der Waals surface area contributed by atoms with Gasteiger partial charge in [-0.1, -0.05) is 29.8 Å². The molecular weight excluding hydrogens is 290 g/mol. The second kappa shape index (κ2) is 5.97.